The van der Waals surface area contributed by atoms with Crippen LogP contribution in [0.2, 0.25) is 0 Å². The highest BCUT2D eigenvalue weighted by Crippen LogP contribution is 2.53. The van der Waals surface area contributed by atoms with Crippen molar-refractivity contribution in [3.05, 3.63) is 133 Å². The first kappa shape index (κ1) is 34.3. The van der Waals surface area contributed by atoms with Gasteiger partial charge in [0.25, 0.3) is 0 Å². The Kier molecular flexibility index (Phi) is 8.47. The topological polar surface area (TPSA) is 53.8 Å². The van der Waals surface area contributed by atoms with Crippen LogP contribution in [0.1, 0.15) is 66.8 Å². The van der Waals surface area contributed by atoms with Crippen LogP contribution in [0.25, 0.3) is 66.3 Å². The number of fused-ring (bicyclic) bond motifs is 3. The highest BCUT2D eigenvalue weighted by molar-refractivity contribution is 6.27. The van der Waals surface area contributed by atoms with E-state index in [1.165, 1.54) is 94.2 Å². The molecule has 258 valence electrons. The van der Waals surface area contributed by atoms with Crippen LogP contribution in [0, 0.1) is 83.1 Å². The average Bonchev–Trinajstić information content (AvgIpc) is 3.48. The molecule has 0 bridgehead atoms. The number of aromatic amines is 1. The van der Waals surface area contributed by atoms with Crippen molar-refractivity contribution in [2.75, 3.05) is 5.43 Å². The number of nitrogens with two attached hydrogens (primary N) is 1. The van der Waals surface area contributed by atoms with E-state index < -0.39 is 0 Å². The van der Waals surface area contributed by atoms with E-state index in [9.17, 15) is 0 Å². The molecule has 0 atom stereocenters. The molecule has 0 aliphatic rings. The van der Waals surface area contributed by atoms with E-state index in [0.717, 1.165) is 44.5 Å². The number of benzene rings is 6. The van der Waals surface area contributed by atoms with Gasteiger partial charge in [0.05, 0.1) is 11.2 Å². The number of hydrogen-bond acceptors (Lipinski definition) is 2. The van der Waals surface area contributed by atoms with E-state index in [4.69, 9.17) is 5.84 Å². The summed E-state index contributed by atoms with van der Waals surface area (Å²) >= 11 is 0. The molecule has 0 fully saturated rings. The minimum atomic E-state index is 0.936. The number of aryl methyl sites for hydroxylation is 8. The number of rotatable bonds is 5. The number of aromatic nitrogens is 1. The Morgan fingerprint density at radius 2 is 0.804 bits per heavy atom. The molecule has 1 aromatic heterocycles. The van der Waals surface area contributed by atoms with Crippen LogP contribution < -0.4 is 11.3 Å². The van der Waals surface area contributed by atoms with Gasteiger partial charge < -0.3 is 10.4 Å². The Labute approximate surface area is 303 Å². The quantitative estimate of drug-likeness (QED) is 0.126. The first-order valence-corrected chi connectivity index (χ1v) is 18.2. The highest BCUT2D eigenvalue weighted by Gasteiger charge is 2.28. The Morgan fingerprint density at radius 1 is 0.431 bits per heavy atom. The number of hydrogen-bond donors (Lipinski definition) is 3. The van der Waals surface area contributed by atoms with Crippen molar-refractivity contribution in [1.82, 2.24) is 4.98 Å². The third-order valence-electron chi connectivity index (χ3n) is 12.1. The Morgan fingerprint density at radius 3 is 1.22 bits per heavy atom. The largest absolute Gasteiger partial charge is 0.354 e. The van der Waals surface area contributed by atoms with Gasteiger partial charge in [-0.25, -0.2) is 0 Å². The first-order chi connectivity index (χ1) is 24.2. The molecule has 0 aliphatic heterocycles. The molecule has 3 nitrogen and oxygen atoms in total. The Balaban J connectivity index is 1.80. The summed E-state index contributed by atoms with van der Waals surface area (Å²) in [6.45, 7) is 26.6. The summed E-state index contributed by atoms with van der Waals surface area (Å²) in [7, 11) is 0. The molecule has 0 saturated heterocycles. The Bertz CT molecular complexity index is 2480. The molecular formula is C48H51N3. The number of H-pyrrole nitrogens is 1. The van der Waals surface area contributed by atoms with Crippen molar-refractivity contribution >= 4 is 27.5 Å². The van der Waals surface area contributed by atoms with E-state index in [0.29, 0.717) is 0 Å². The Hall–Kier alpha value is -5.12. The second kappa shape index (κ2) is 12.6. The van der Waals surface area contributed by atoms with Gasteiger partial charge in [0.15, 0.2) is 0 Å². The summed E-state index contributed by atoms with van der Waals surface area (Å²) in [6, 6.07) is 25.5. The molecule has 7 rings (SSSR count). The fourth-order valence-electron chi connectivity index (χ4n) is 8.17. The number of anilines is 1. The second-order valence-electron chi connectivity index (χ2n) is 15.2. The first-order valence-electron chi connectivity index (χ1n) is 18.2. The van der Waals surface area contributed by atoms with E-state index in [1.807, 2.05) is 0 Å². The fraction of sp³-hybridized carbons (Fsp3) is 0.250. The van der Waals surface area contributed by atoms with Crippen LogP contribution in [0.15, 0.2) is 66.7 Å². The molecule has 0 unspecified atom stereocenters. The van der Waals surface area contributed by atoms with Gasteiger partial charge >= 0.3 is 0 Å². The van der Waals surface area contributed by atoms with Crippen LogP contribution in [-0.2, 0) is 0 Å². The summed E-state index contributed by atoms with van der Waals surface area (Å²) in [6.07, 6.45) is 0. The van der Waals surface area contributed by atoms with Crippen molar-refractivity contribution in [3.63, 3.8) is 0 Å². The molecule has 0 aliphatic carbocycles. The monoisotopic (exact) mass is 669 g/mol. The van der Waals surface area contributed by atoms with Gasteiger partial charge in [-0.2, -0.15) is 0 Å². The normalized spacial score (nSPS) is 11.6. The SMILES string of the molecule is Cc1cc(-c2c(NN)c(-c3cc(C)c(C)c(C)c3)c3c([nH]c4cccc(-c5cc(C)c(C)c(C)c5)c43)c2-c2cc(C)c(C)c(C)c2)cc(C)c1C. The van der Waals surface area contributed by atoms with Crippen LogP contribution in [0.5, 0.6) is 0 Å². The smallest absolute Gasteiger partial charge is 0.0656 e. The third-order valence-corrected chi connectivity index (χ3v) is 12.1. The zero-order valence-corrected chi connectivity index (χ0v) is 32.4. The second-order valence-corrected chi connectivity index (χ2v) is 15.2. The van der Waals surface area contributed by atoms with Gasteiger partial charge in [-0.1, -0.05) is 60.7 Å². The molecule has 0 saturated carbocycles. The van der Waals surface area contributed by atoms with Crippen molar-refractivity contribution in [2.24, 2.45) is 5.84 Å². The van der Waals surface area contributed by atoms with Crippen LogP contribution in [-0.4, -0.2) is 4.98 Å². The van der Waals surface area contributed by atoms with Gasteiger partial charge in [0.2, 0.25) is 0 Å². The summed E-state index contributed by atoms with van der Waals surface area (Å²) in [5.41, 5.74) is 31.3. The van der Waals surface area contributed by atoms with Crippen molar-refractivity contribution in [3.8, 4) is 44.5 Å². The molecule has 51 heavy (non-hydrogen) atoms. The minimum Gasteiger partial charge on any atom is -0.354 e. The van der Waals surface area contributed by atoms with E-state index >= 15 is 0 Å². The summed E-state index contributed by atoms with van der Waals surface area (Å²) in [4.78, 5) is 4.03. The standard InChI is InChI=1S/C48H51N3/c1-24-16-36(17-25(2)32(24)9)40-14-13-15-41-45(40)46-44(39-22-30(7)35(12)31(8)23-39)48(51-49)43(38-20-28(5)34(11)29(6)21-38)42(47(46)50-41)37-18-26(3)33(10)27(4)19-37/h13-23,50-51H,49H2,1-12H3. The van der Waals surface area contributed by atoms with Crippen molar-refractivity contribution < 1.29 is 0 Å². The summed E-state index contributed by atoms with van der Waals surface area (Å²) in [5, 5.41) is 2.39. The average molecular weight is 670 g/mol. The number of nitrogen functional groups attached to an aromatic ring is 1. The third kappa shape index (κ3) is 5.47. The predicted molar refractivity (Wildman–Crippen MR) is 222 cm³/mol. The van der Waals surface area contributed by atoms with E-state index in [1.54, 1.807) is 0 Å². The summed E-state index contributed by atoms with van der Waals surface area (Å²) in [5.74, 6) is 6.82. The van der Waals surface area contributed by atoms with Gasteiger partial charge in [0, 0.05) is 33.0 Å². The maximum Gasteiger partial charge on any atom is 0.0656 e. The van der Waals surface area contributed by atoms with Gasteiger partial charge in [-0.05, 0) is 184 Å². The van der Waals surface area contributed by atoms with Crippen LogP contribution in [0.3, 0.4) is 0 Å². The van der Waals surface area contributed by atoms with E-state index in [-0.39, 0.29) is 0 Å². The van der Waals surface area contributed by atoms with Gasteiger partial charge in [-0.3, -0.25) is 5.84 Å². The lowest BCUT2D eigenvalue weighted by Crippen LogP contribution is -2.11. The lowest BCUT2D eigenvalue weighted by molar-refractivity contribution is 1.26. The molecule has 4 N–H and O–H groups in total. The predicted octanol–water partition coefficient (Wildman–Crippen LogP) is 13.0. The summed E-state index contributed by atoms with van der Waals surface area (Å²) < 4.78 is 0. The van der Waals surface area contributed by atoms with Crippen LogP contribution in [0.4, 0.5) is 5.69 Å². The molecule has 6 aromatic carbocycles. The van der Waals surface area contributed by atoms with Gasteiger partial charge in [-0.15, -0.1) is 0 Å². The molecule has 1 heterocycles. The molecule has 0 spiro atoms. The van der Waals surface area contributed by atoms with Gasteiger partial charge in [0.1, 0.15) is 0 Å². The van der Waals surface area contributed by atoms with Crippen molar-refractivity contribution in [2.45, 2.75) is 83.1 Å². The molecule has 0 radical (unpaired) electrons. The maximum atomic E-state index is 6.82. The lowest BCUT2D eigenvalue weighted by atomic mass is 9.82. The lowest BCUT2D eigenvalue weighted by Gasteiger charge is -2.24. The van der Waals surface area contributed by atoms with Crippen molar-refractivity contribution in [1.29, 1.82) is 0 Å². The zero-order chi connectivity index (χ0) is 36.6. The zero-order valence-electron chi connectivity index (χ0n) is 32.4. The highest BCUT2D eigenvalue weighted by atomic mass is 15.2. The fourth-order valence-corrected chi connectivity index (χ4v) is 8.17. The molecular weight excluding hydrogens is 619 g/mol. The molecule has 0 amide bonds. The maximum absolute atomic E-state index is 6.82. The number of hydrazine groups is 1. The molecule has 7 aromatic rings. The molecule has 3 heteroatoms. The van der Waals surface area contributed by atoms with E-state index in [2.05, 4.69) is 160 Å². The minimum absolute atomic E-state index is 0.936. The number of nitrogens with one attached hydrogen (secondary N) is 2. The van der Waals surface area contributed by atoms with Crippen LogP contribution >= 0.6 is 0 Å².